The van der Waals surface area contributed by atoms with Crippen molar-refractivity contribution in [2.75, 3.05) is 0 Å². The van der Waals surface area contributed by atoms with Gasteiger partial charge in [-0.15, -0.1) is 0 Å². The van der Waals surface area contributed by atoms with E-state index in [9.17, 15) is 0 Å². The first kappa shape index (κ1) is 13.4. The Morgan fingerprint density at radius 1 is 1.11 bits per heavy atom. The Balaban J connectivity index is 2.18. The fraction of sp³-hybridized carbons (Fsp3) is 0.200. The van der Waals surface area contributed by atoms with Crippen LogP contribution in [0.5, 0.6) is 0 Å². The first-order chi connectivity index (χ1) is 8.56. The van der Waals surface area contributed by atoms with Crippen LogP contribution in [0.25, 0.3) is 0 Å². The topological polar surface area (TPSA) is 26.0 Å². The van der Waals surface area contributed by atoms with Crippen LogP contribution in [0.15, 0.2) is 42.5 Å². The lowest BCUT2D eigenvalue weighted by atomic mass is 9.99. The predicted octanol–water partition coefficient (Wildman–Crippen LogP) is 4.54. The van der Waals surface area contributed by atoms with Gasteiger partial charge in [-0.05, 0) is 48.2 Å². The molecule has 94 valence electrons. The van der Waals surface area contributed by atoms with Gasteiger partial charge in [-0.25, -0.2) is 0 Å². The lowest BCUT2D eigenvalue weighted by Crippen LogP contribution is -2.13. The van der Waals surface area contributed by atoms with Crippen molar-refractivity contribution in [2.45, 2.75) is 19.4 Å². The Morgan fingerprint density at radius 2 is 1.89 bits per heavy atom. The van der Waals surface area contributed by atoms with Crippen molar-refractivity contribution in [3.8, 4) is 0 Å². The molecular formula is C15H15Cl2N. The molecule has 1 nitrogen and oxygen atoms in total. The van der Waals surface area contributed by atoms with Gasteiger partial charge in [-0.2, -0.15) is 0 Å². The molecule has 1 unspecified atom stereocenters. The maximum absolute atomic E-state index is 6.21. The van der Waals surface area contributed by atoms with Gasteiger partial charge in [0.15, 0.2) is 0 Å². The summed E-state index contributed by atoms with van der Waals surface area (Å²) >= 11 is 12.2. The second-order valence-electron chi connectivity index (χ2n) is 4.46. The second kappa shape index (κ2) is 5.75. The largest absolute Gasteiger partial charge is 0.324 e. The molecule has 0 spiro atoms. The molecular weight excluding hydrogens is 265 g/mol. The molecule has 0 aliphatic rings. The van der Waals surface area contributed by atoms with Gasteiger partial charge in [0.05, 0.1) is 0 Å². The van der Waals surface area contributed by atoms with E-state index in [1.807, 2.05) is 49.4 Å². The SMILES string of the molecule is Cc1ccc(CC(N)c2cccc(Cl)c2)c(Cl)c1. The number of hydrogen-bond acceptors (Lipinski definition) is 1. The minimum Gasteiger partial charge on any atom is -0.324 e. The molecule has 0 saturated heterocycles. The second-order valence-corrected chi connectivity index (χ2v) is 5.30. The van der Waals surface area contributed by atoms with E-state index < -0.39 is 0 Å². The molecule has 0 aliphatic carbocycles. The monoisotopic (exact) mass is 279 g/mol. The normalized spacial score (nSPS) is 12.4. The molecule has 0 bridgehead atoms. The van der Waals surface area contributed by atoms with Gasteiger partial charge < -0.3 is 5.73 Å². The smallest absolute Gasteiger partial charge is 0.0441 e. The van der Waals surface area contributed by atoms with Crippen LogP contribution in [0, 0.1) is 6.92 Å². The Bertz CT molecular complexity index is 552. The summed E-state index contributed by atoms with van der Waals surface area (Å²) in [5.41, 5.74) is 9.43. The fourth-order valence-electron chi connectivity index (χ4n) is 1.91. The van der Waals surface area contributed by atoms with E-state index in [-0.39, 0.29) is 6.04 Å². The van der Waals surface area contributed by atoms with Crippen molar-refractivity contribution in [2.24, 2.45) is 5.73 Å². The minimum atomic E-state index is -0.0936. The van der Waals surface area contributed by atoms with Crippen molar-refractivity contribution in [1.29, 1.82) is 0 Å². The zero-order valence-electron chi connectivity index (χ0n) is 10.2. The molecule has 2 aromatic rings. The summed E-state index contributed by atoms with van der Waals surface area (Å²) < 4.78 is 0. The van der Waals surface area contributed by atoms with Crippen LogP contribution in [-0.4, -0.2) is 0 Å². The lowest BCUT2D eigenvalue weighted by Gasteiger charge is -2.14. The van der Waals surface area contributed by atoms with E-state index in [1.165, 1.54) is 0 Å². The summed E-state index contributed by atoms with van der Waals surface area (Å²) in [6, 6.07) is 13.6. The van der Waals surface area contributed by atoms with E-state index in [0.29, 0.717) is 11.4 Å². The Hall–Kier alpha value is -1.02. The van der Waals surface area contributed by atoms with E-state index in [0.717, 1.165) is 21.7 Å². The highest BCUT2D eigenvalue weighted by molar-refractivity contribution is 6.31. The third-order valence-corrected chi connectivity index (χ3v) is 3.51. The Kier molecular flexibility index (Phi) is 4.28. The number of benzene rings is 2. The van der Waals surface area contributed by atoms with E-state index in [1.54, 1.807) is 0 Å². The van der Waals surface area contributed by atoms with E-state index in [4.69, 9.17) is 28.9 Å². The van der Waals surface area contributed by atoms with Crippen LogP contribution in [0.1, 0.15) is 22.7 Å². The van der Waals surface area contributed by atoms with Crippen molar-refractivity contribution in [3.63, 3.8) is 0 Å². The predicted molar refractivity (Wildman–Crippen MR) is 78.3 cm³/mol. The van der Waals surface area contributed by atoms with E-state index >= 15 is 0 Å². The van der Waals surface area contributed by atoms with Crippen LogP contribution in [0.2, 0.25) is 10.0 Å². The van der Waals surface area contributed by atoms with Crippen molar-refractivity contribution >= 4 is 23.2 Å². The average molecular weight is 280 g/mol. The molecule has 0 heterocycles. The molecule has 2 aromatic carbocycles. The third kappa shape index (κ3) is 3.26. The van der Waals surface area contributed by atoms with Gasteiger partial charge in [0.25, 0.3) is 0 Å². The van der Waals surface area contributed by atoms with Crippen LogP contribution < -0.4 is 5.73 Å². The number of aryl methyl sites for hydroxylation is 1. The first-order valence-electron chi connectivity index (χ1n) is 5.82. The average Bonchev–Trinajstić information content (AvgIpc) is 2.32. The molecule has 0 amide bonds. The number of nitrogens with two attached hydrogens (primary N) is 1. The summed E-state index contributed by atoms with van der Waals surface area (Å²) in [5, 5.41) is 1.48. The van der Waals surface area contributed by atoms with Crippen LogP contribution in [-0.2, 0) is 6.42 Å². The standard InChI is InChI=1S/C15H15Cl2N/c1-10-5-6-11(14(17)7-10)9-15(18)12-3-2-4-13(16)8-12/h2-8,15H,9,18H2,1H3. The van der Waals surface area contributed by atoms with Gasteiger partial charge in [0, 0.05) is 16.1 Å². The molecule has 2 N–H and O–H groups in total. The van der Waals surface area contributed by atoms with Gasteiger partial charge >= 0.3 is 0 Å². The molecule has 0 saturated carbocycles. The van der Waals surface area contributed by atoms with Crippen LogP contribution in [0.3, 0.4) is 0 Å². The van der Waals surface area contributed by atoms with Crippen molar-refractivity contribution in [3.05, 3.63) is 69.2 Å². The molecule has 0 aromatic heterocycles. The number of halogens is 2. The third-order valence-electron chi connectivity index (χ3n) is 2.93. The molecule has 0 fully saturated rings. The summed E-state index contributed by atoms with van der Waals surface area (Å²) in [7, 11) is 0. The lowest BCUT2D eigenvalue weighted by molar-refractivity contribution is 0.722. The molecule has 0 radical (unpaired) electrons. The zero-order chi connectivity index (χ0) is 13.1. The Labute approximate surface area is 118 Å². The van der Waals surface area contributed by atoms with Crippen LogP contribution >= 0.6 is 23.2 Å². The molecule has 18 heavy (non-hydrogen) atoms. The maximum Gasteiger partial charge on any atom is 0.0441 e. The minimum absolute atomic E-state index is 0.0936. The van der Waals surface area contributed by atoms with Crippen molar-refractivity contribution in [1.82, 2.24) is 0 Å². The number of hydrogen-bond donors (Lipinski definition) is 1. The molecule has 3 heteroatoms. The van der Waals surface area contributed by atoms with Crippen molar-refractivity contribution < 1.29 is 0 Å². The summed E-state index contributed by atoms with van der Waals surface area (Å²) in [4.78, 5) is 0. The van der Waals surface area contributed by atoms with E-state index in [2.05, 4.69) is 0 Å². The van der Waals surface area contributed by atoms with Gasteiger partial charge in [0.2, 0.25) is 0 Å². The zero-order valence-corrected chi connectivity index (χ0v) is 11.7. The highest BCUT2D eigenvalue weighted by Gasteiger charge is 2.10. The highest BCUT2D eigenvalue weighted by atomic mass is 35.5. The first-order valence-corrected chi connectivity index (χ1v) is 6.58. The van der Waals surface area contributed by atoms with Gasteiger partial charge in [0.1, 0.15) is 0 Å². The van der Waals surface area contributed by atoms with Gasteiger partial charge in [-0.3, -0.25) is 0 Å². The summed E-state index contributed by atoms with van der Waals surface area (Å²) in [6.07, 6.45) is 0.708. The maximum atomic E-state index is 6.21. The fourth-order valence-corrected chi connectivity index (χ4v) is 2.42. The number of rotatable bonds is 3. The Morgan fingerprint density at radius 3 is 2.56 bits per heavy atom. The van der Waals surface area contributed by atoms with Gasteiger partial charge in [-0.1, -0.05) is 47.5 Å². The highest BCUT2D eigenvalue weighted by Crippen LogP contribution is 2.24. The molecule has 0 aliphatic heterocycles. The quantitative estimate of drug-likeness (QED) is 0.877. The summed E-state index contributed by atoms with van der Waals surface area (Å²) in [6.45, 7) is 2.02. The van der Waals surface area contributed by atoms with Crippen LogP contribution in [0.4, 0.5) is 0 Å². The molecule has 1 atom stereocenters. The summed E-state index contributed by atoms with van der Waals surface area (Å²) in [5.74, 6) is 0. The molecule has 2 rings (SSSR count).